The van der Waals surface area contributed by atoms with Gasteiger partial charge in [0.25, 0.3) is 11.8 Å². The number of carbonyl (C=O) groups is 2. The first-order valence-electron chi connectivity index (χ1n) is 9.24. The van der Waals surface area contributed by atoms with Crippen LogP contribution in [0.1, 0.15) is 24.2 Å². The van der Waals surface area contributed by atoms with Gasteiger partial charge in [-0.3, -0.25) is 9.59 Å². The first-order chi connectivity index (χ1) is 14.2. The molecular weight excluding hydrogens is 410 g/mol. The normalized spacial score (nSPS) is 11.2. The van der Waals surface area contributed by atoms with E-state index < -0.39 is 28.4 Å². The summed E-state index contributed by atoms with van der Waals surface area (Å²) in [6, 6.07) is 10.5. The van der Waals surface area contributed by atoms with Gasteiger partial charge >= 0.3 is 0 Å². The number of benzene rings is 2. The van der Waals surface area contributed by atoms with Gasteiger partial charge in [-0.1, -0.05) is 19.9 Å². The fraction of sp³-hybridized carbons (Fsp3) is 0.300. The summed E-state index contributed by atoms with van der Waals surface area (Å²) < 4.78 is 36.9. The van der Waals surface area contributed by atoms with E-state index in [2.05, 4.69) is 5.32 Å². The number of sulfonamides is 1. The number of nitrogens with two attached hydrogens (primary N) is 1. The number of rotatable bonds is 10. The SMILES string of the molecule is CCN(CC)S(=O)(=O)c1ccc(NC(=O)COc2c(OC)cccc2C(N)=O)cc1. The maximum atomic E-state index is 12.5. The van der Waals surface area contributed by atoms with Gasteiger partial charge in [0, 0.05) is 18.8 Å². The van der Waals surface area contributed by atoms with Crippen molar-refractivity contribution in [1.29, 1.82) is 0 Å². The van der Waals surface area contributed by atoms with Crippen molar-refractivity contribution >= 4 is 27.5 Å². The number of carbonyl (C=O) groups excluding carboxylic acids is 2. The van der Waals surface area contributed by atoms with Crippen LogP contribution in [0.3, 0.4) is 0 Å². The third-order valence-electron chi connectivity index (χ3n) is 4.29. The van der Waals surface area contributed by atoms with Gasteiger partial charge in [0.1, 0.15) is 0 Å². The summed E-state index contributed by atoms with van der Waals surface area (Å²) >= 11 is 0. The summed E-state index contributed by atoms with van der Waals surface area (Å²) in [7, 11) is -2.17. The number of nitrogens with one attached hydrogen (secondary N) is 1. The van der Waals surface area contributed by atoms with Crippen LogP contribution >= 0.6 is 0 Å². The lowest BCUT2D eigenvalue weighted by Gasteiger charge is -2.18. The largest absolute Gasteiger partial charge is 0.493 e. The molecule has 0 aliphatic carbocycles. The van der Waals surface area contributed by atoms with Gasteiger partial charge in [-0.2, -0.15) is 4.31 Å². The molecular formula is C20H25N3O6S. The minimum Gasteiger partial charge on any atom is -0.493 e. The molecule has 0 spiro atoms. The molecule has 2 rings (SSSR count). The lowest BCUT2D eigenvalue weighted by molar-refractivity contribution is -0.118. The summed E-state index contributed by atoms with van der Waals surface area (Å²) in [5.41, 5.74) is 5.82. The van der Waals surface area contributed by atoms with Crippen LogP contribution in [0.4, 0.5) is 5.69 Å². The van der Waals surface area contributed by atoms with Gasteiger partial charge in [-0.25, -0.2) is 8.42 Å². The molecule has 0 aliphatic heterocycles. The van der Waals surface area contributed by atoms with Gasteiger partial charge in [0.05, 0.1) is 17.6 Å². The third kappa shape index (κ3) is 5.28. The second kappa shape index (κ2) is 10.1. The van der Waals surface area contributed by atoms with Crippen LogP contribution in [-0.4, -0.2) is 51.3 Å². The zero-order valence-electron chi connectivity index (χ0n) is 17.0. The number of anilines is 1. The maximum Gasteiger partial charge on any atom is 0.262 e. The molecule has 0 heterocycles. The first-order valence-corrected chi connectivity index (χ1v) is 10.7. The number of methoxy groups -OCH3 is 1. The summed E-state index contributed by atoms with van der Waals surface area (Å²) in [5, 5.41) is 2.60. The highest BCUT2D eigenvalue weighted by atomic mass is 32.2. The minimum absolute atomic E-state index is 0.0725. The minimum atomic E-state index is -3.58. The molecule has 162 valence electrons. The van der Waals surface area contributed by atoms with E-state index in [1.807, 2.05) is 0 Å². The summed E-state index contributed by atoms with van der Waals surface area (Å²) in [6.45, 7) is 3.86. The number of nitrogens with zero attached hydrogens (tertiary/aromatic N) is 1. The van der Waals surface area contributed by atoms with E-state index in [1.165, 1.54) is 41.7 Å². The lowest BCUT2D eigenvalue weighted by Crippen LogP contribution is -2.30. The highest BCUT2D eigenvalue weighted by Gasteiger charge is 2.21. The second-order valence-corrected chi connectivity index (χ2v) is 8.09. The highest BCUT2D eigenvalue weighted by Crippen LogP contribution is 2.30. The number of hydrogen-bond donors (Lipinski definition) is 2. The van der Waals surface area contributed by atoms with Gasteiger partial charge < -0.3 is 20.5 Å². The van der Waals surface area contributed by atoms with Crippen molar-refractivity contribution in [2.24, 2.45) is 5.73 Å². The summed E-state index contributed by atoms with van der Waals surface area (Å²) in [5.74, 6) is -0.877. The molecule has 30 heavy (non-hydrogen) atoms. The summed E-state index contributed by atoms with van der Waals surface area (Å²) in [6.07, 6.45) is 0. The second-order valence-electron chi connectivity index (χ2n) is 6.15. The van der Waals surface area contributed by atoms with Crippen LogP contribution in [0.25, 0.3) is 0 Å². The molecule has 0 radical (unpaired) electrons. The Morgan fingerprint density at radius 2 is 1.70 bits per heavy atom. The lowest BCUT2D eigenvalue weighted by atomic mass is 10.2. The van der Waals surface area contributed by atoms with Crippen molar-refractivity contribution in [1.82, 2.24) is 4.31 Å². The predicted octanol–water partition coefficient (Wildman–Crippen LogP) is 1.84. The predicted molar refractivity (Wildman–Crippen MR) is 112 cm³/mol. The van der Waals surface area contributed by atoms with E-state index in [-0.39, 0.29) is 22.0 Å². The smallest absolute Gasteiger partial charge is 0.262 e. The van der Waals surface area contributed by atoms with Crippen molar-refractivity contribution in [3.63, 3.8) is 0 Å². The number of hydrogen-bond acceptors (Lipinski definition) is 6. The Balaban J connectivity index is 2.07. The van der Waals surface area contributed by atoms with Crippen LogP contribution in [0.2, 0.25) is 0 Å². The molecule has 0 atom stereocenters. The van der Waals surface area contributed by atoms with E-state index in [1.54, 1.807) is 26.0 Å². The molecule has 2 amide bonds. The number of ether oxygens (including phenoxy) is 2. The van der Waals surface area contributed by atoms with Gasteiger partial charge in [-0.15, -0.1) is 0 Å². The maximum absolute atomic E-state index is 12.5. The molecule has 9 nitrogen and oxygen atoms in total. The molecule has 2 aromatic rings. The first kappa shape index (κ1) is 23.2. The Labute approximate surface area is 175 Å². The number of para-hydroxylation sites is 1. The zero-order chi connectivity index (χ0) is 22.3. The monoisotopic (exact) mass is 435 g/mol. The summed E-state index contributed by atoms with van der Waals surface area (Å²) in [4.78, 5) is 23.9. The van der Waals surface area contributed by atoms with Crippen molar-refractivity contribution in [3.8, 4) is 11.5 Å². The van der Waals surface area contributed by atoms with E-state index in [9.17, 15) is 18.0 Å². The van der Waals surface area contributed by atoms with Crippen molar-refractivity contribution in [2.75, 3.05) is 32.1 Å². The van der Waals surface area contributed by atoms with Gasteiger partial charge in [-0.05, 0) is 36.4 Å². The molecule has 2 aromatic carbocycles. The Kier molecular flexibility index (Phi) is 7.79. The van der Waals surface area contributed by atoms with Gasteiger partial charge in [0.15, 0.2) is 18.1 Å². The molecule has 0 saturated carbocycles. The van der Waals surface area contributed by atoms with Crippen LogP contribution < -0.4 is 20.5 Å². The van der Waals surface area contributed by atoms with E-state index in [4.69, 9.17) is 15.2 Å². The zero-order valence-corrected chi connectivity index (χ0v) is 17.9. The Bertz CT molecular complexity index is 1000. The molecule has 0 fully saturated rings. The number of primary amides is 1. The standard InChI is InChI=1S/C20H25N3O6S/c1-4-23(5-2)30(26,27)15-11-9-14(10-12-15)22-18(24)13-29-19-16(20(21)25)7-6-8-17(19)28-3/h6-12H,4-5,13H2,1-3H3,(H2,21,25)(H,22,24). The highest BCUT2D eigenvalue weighted by molar-refractivity contribution is 7.89. The molecule has 0 aromatic heterocycles. The Morgan fingerprint density at radius 3 is 2.23 bits per heavy atom. The fourth-order valence-corrected chi connectivity index (χ4v) is 4.24. The third-order valence-corrected chi connectivity index (χ3v) is 6.36. The fourth-order valence-electron chi connectivity index (χ4n) is 2.78. The van der Waals surface area contributed by atoms with E-state index in [0.717, 1.165) is 0 Å². The Hall–Kier alpha value is -3.11. The average Bonchev–Trinajstić information content (AvgIpc) is 2.72. The van der Waals surface area contributed by atoms with Crippen LogP contribution in [0.15, 0.2) is 47.4 Å². The molecule has 3 N–H and O–H groups in total. The molecule has 0 unspecified atom stereocenters. The van der Waals surface area contributed by atoms with Crippen LogP contribution in [-0.2, 0) is 14.8 Å². The van der Waals surface area contributed by atoms with Crippen molar-refractivity contribution < 1.29 is 27.5 Å². The van der Waals surface area contributed by atoms with Crippen LogP contribution in [0.5, 0.6) is 11.5 Å². The van der Waals surface area contributed by atoms with Gasteiger partial charge in [0.2, 0.25) is 10.0 Å². The molecule has 10 heteroatoms. The van der Waals surface area contributed by atoms with Crippen LogP contribution in [0, 0.1) is 0 Å². The Morgan fingerprint density at radius 1 is 1.07 bits per heavy atom. The van der Waals surface area contributed by atoms with E-state index >= 15 is 0 Å². The van der Waals surface area contributed by atoms with Crippen molar-refractivity contribution in [3.05, 3.63) is 48.0 Å². The molecule has 0 aliphatic rings. The molecule has 0 bridgehead atoms. The van der Waals surface area contributed by atoms with Crippen molar-refractivity contribution in [2.45, 2.75) is 18.7 Å². The quantitative estimate of drug-likeness (QED) is 0.586. The molecule has 0 saturated heterocycles. The average molecular weight is 436 g/mol. The van der Waals surface area contributed by atoms with E-state index in [0.29, 0.717) is 18.8 Å². The number of amides is 2. The topological polar surface area (TPSA) is 128 Å².